The molecule has 0 saturated carbocycles. The van der Waals surface area contributed by atoms with E-state index in [1.54, 1.807) is 30.3 Å². The Morgan fingerprint density at radius 1 is 1.18 bits per heavy atom. The smallest absolute Gasteiger partial charge is 0.301 e. The Morgan fingerprint density at radius 2 is 1.95 bits per heavy atom. The SMILES string of the molecule is CCOc1ccc2nc(N3C(=O)C(=O)/C(=C(/O)c4ccc5c(c4)CC(C)O5)C3c3ccc([N+](=O)[O-])cc3)sc2c1. The fraction of sp³-hybridized carbons (Fsp3) is 0.207. The highest BCUT2D eigenvalue weighted by Crippen LogP contribution is 2.45. The molecule has 2 aliphatic heterocycles. The number of carbonyl (C=O) groups excluding carboxylic acids is 2. The van der Waals surface area contributed by atoms with Gasteiger partial charge in [0.25, 0.3) is 11.5 Å². The summed E-state index contributed by atoms with van der Waals surface area (Å²) in [6.07, 6.45) is 0.631. The van der Waals surface area contributed by atoms with Gasteiger partial charge in [-0.05, 0) is 73.5 Å². The topological polar surface area (TPSA) is 132 Å². The van der Waals surface area contributed by atoms with Crippen molar-refractivity contribution in [3.05, 3.63) is 93.0 Å². The zero-order chi connectivity index (χ0) is 28.1. The maximum Gasteiger partial charge on any atom is 0.301 e. The Morgan fingerprint density at radius 3 is 2.67 bits per heavy atom. The minimum atomic E-state index is -1.06. The monoisotopic (exact) mass is 557 g/mol. The van der Waals surface area contributed by atoms with E-state index in [1.807, 2.05) is 19.9 Å². The molecular weight excluding hydrogens is 534 g/mol. The van der Waals surface area contributed by atoms with Gasteiger partial charge in [0.05, 0.1) is 33.4 Å². The molecule has 2 atom stereocenters. The molecule has 202 valence electrons. The van der Waals surface area contributed by atoms with Gasteiger partial charge in [-0.15, -0.1) is 0 Å². The van der Waals surface area contributed by atoms with Gasteiger partial charge in [0.15, 0.2) is 5.13 Å². The second-order valence-electron chi connectivity index (χ2n) is 9.53. The third-order valence-corrected chi connectivity index (χ3v) is 7.92. The molecule has 3 heterocycles. The molecule has 1 aromatic heterocycles. The standard InChI is InChI=1S/C29H23N3O7S/c1-3-38-20-9-10-21-23(14-20)40-29(30-21)31-25(16-4-7-19(8-5-16)32(36)37)24(27(34)28(31)35)26(33)17-6-11-22-18(13-17)12-15(2)39-22/h4-11,13-15,25,33H,3,12H2,1-2H3/b26-24+. The summed E-state index contributed by atoms with van der Waals surface area (Å²) in [5, 5.41) is 23.0. The number of aliphatic hydroxyl groups is 1. The fourth-order valence-corrected chi connectivity index (χ4v) is 6.12. The van der Waals surface area contributed by atoms with Gasteiger partial charge in [-0.2, -0.15) is 0 Å². The fourth-order valence-electron chi connectivity index (χ4n) is 5.10. The predicted molar refractivity (Wildman–Crippen MR) is 149 cm³/mol. The number of nitrogens with zero attached hydrogens (tertiary/aromatic N) is 3. The predicted octanol–water partition coefficient (Wildman–Crippen LogP) is 5.55. The first kappa shape index (κ1) is 25.5. The number of hydrogen-bond donors (Lipinski definition) is 1. The number of nitro groups is 1. The van der Waals surface area contributed by atoms with Crippen LogP contribution in [0, 0.1) is 10.1 Å². The van der Waals surface area contributed by atoms with Crippen LogP contribution in [0.15, 0.2) is 66.2 Å². The summed E-state index contributed by atoms with van der Waals surface area (Å²) in [5.41, 5.74) is 2.01. The first-order valence-corrected chi connectivity index (χ1v) is 13.5. The number of benzene rings is 3. The quantitative estimate of drug-likeness (QED) is 0.107. The van der Waals surface area contributed by atoms with Crippen molar-refractivity contribution >= 4 is 49.8 Å². The Kier molecular flexibility index (Phi) is 6.22. The van der Waals surface area contributed by atoms with E-state index in [1.165, 1.54) is 40.5 Å². The molecule has 4 aromatic rings. The number of Topliss-reactive ketones (excluding diaryl/α,β-unsaturated/α-hetero) is 1. The molecular formula is C29H23N3O7S. The van der Waals surface area contributed by atoms with Gasteiger partial charge in [0, 0.05) is 24.1 Å². The minimum absolute atomic E-state index is 0.0136. The van der Waals surface area contributed by atoms with Crippen molar-refractivity contribution in [2.75, 3.05) is 11.5 Å². The van der Waals surface area contributed by atoms with Crippen LogP contribution in [-0.4, -0.2) is 39.4 Å². The average Bonchev–Trinajstić information content (AvgIpc) is 3.60. The van der Waals surface area contributed by atoms with Gasteiger partial charge >= 0.3 is 5.91 Å². The number of non-ortho nitro benzene ring substituents is 1. The maximum atomic E-state index is 13.5. The number of ketones is 1. The molecule has 3 aromatic carbocycles. The number of ether oxygens (including phenoxy) is 2. The molecule has 6 rings (SSSR count). The first-order chi connectivity index (χ1) is 19.2. The lowest BCUT2D eigenvalue weighted by molar-refractivity contribution is -0.384. The zero-order valence-electron chi connectivity index (χ0n) is 21.5. The molecule has 1 fully saturated rings. The lowest BCUT2D eigenvalue weighted by Crippen LogP contribution is -2.29. The number of fused-ring (bicyclic) bond motifs is 2. The van der Waals surface area contributed by atoms with Crippen LogP contribution in [0.5, 0.6) is 11.5 Å². The minimum Gasteiger partial charge on any atom is -0.507 e. The first-order valence-electron chi connectivity index (χ1n) is 12.6. The molecule has 2 unspecified atom stereocenters. The molecule has 0 bridgehead atoms. The number of hydrogen-bond acceptors (Lipinski definition) is 9. The molecule has 0 aliphatic carbocycles. The summed E-state index contributed by atoms with van der Waals surface area (Å²) in [6.45, 7) is 4.30. The van der Waals surface area contributed by atoms with Gasteiger partial charge in [-0.3, -0.25) is 24.6 Å². The van der Waals surface area contributed by atoms with Crippen LogP contribution in [0.25, 0.3) is 16.0 Å². The molecule has 0 spiro atoms. The molecule has 1 saturated heterocycles. The van der Waals surface area contributed by atoms with Crippen LogP contribution < -0.4 is 14.4 Å². The van der Waals surface area contributed by atoms with Gasteiger partial charge in [-0.25, -0.2) is 4.98 Å². The van der Waals surface area contributed by atoms with Gasteiger partial charge in [0.2, 0.25) is 0 Å². The van der Waals surface area contributed by atoms with Gasteiger partial charge in [-0.1, -0.05) is 11.3 Å². The molecule has 2 aliphatic rings. The largest absolute Gasteiger partial charge is 0.507 e. The van der Waals surface area contributed by atoms with Gasteiger partial charge in [0.1, 0.15) is 23.4 Å². The van der Waals surface area contributed by atoms with Crippen molar-refractivity contribution in [3.8, 4) is 11.5 Å². The third-order valence-electron chi connectivity index (χ3n) is 6.90. The van der Waals surface area contributed by atoms with Crippen LogP contribution in [0.2, 0.25) is 0 Å². The van der Waals surface area contributed by atoms with Crippen LogP contribution in [0.3, 0.4) is 0 Å². The van der Waals surface area contributed by atoms with E-state index in [9.17, 15) is 24.8 Å². The molecule has 10 nitrogen and oxygen atoms in total. The average molecular weight is 558 g/mol. The van der Waals surface area contributed by atoms with E-state index in [0.717, 1.165) is 10.3 Å². The van der Waals surface area contributed by atoms with Crippen molar-refractivity contribution in [1.82, 2.24) is 4.98 Å². The number of rotatable bonds is 6. The Bertz CT molecular complexity index is 1730. The molecule has 11 heteroatoms. The second kappa shape index (κ2) is 9.76. The third kappa shape index (κ3) is 4.24. The van der Waals surface area contributed by atoms with Crippen LogP contribution in [0.4, 0.5) is 10.8 Å². The maximum absolute atomic E-state index is 13.5. The summed E-state index contributed by atoms with van der Waals surface area (Å²) in [6, 6.07) is 15.0. The summed E-state index contributed by atoms with van der Waals surface area (Å²) >= 11 is 1.21. The Balaban J connectivity index is 1.51. The van der Waals surface area contributed by atoms with E-state index in [-0.39, 0.29) is 28.3 Å². The van der Waals surface area contributed by atoms with Crippen molar-refractivity contribution in [2.45, 2.75) is 32.4 Å². The summed E-state index contributed by atoms with van der Waals surface area (Å²) in [5.74, 6) is -0.718. The van der Waals surface area contributed by atoms with E-state index < -0.39 is 22.7 Å². The Hall–Kier alpha value is -4.77. The summed E-state index contributed by atoms with van der Waals surface area (Å²) < 4.78 is 12.1. The number of carbonyl (C=O) groups is 2. The molecule has 0 radical (unpaired) electrons. The van der Waals surface area contributed by atoms with Crippen molar-refractivity contribution in [1.29, 1.82) is 0 Å². The Labute approximate surface area is 232 Å². The summed E-state index contributed by atoms with van der Waals surface area (Å²) in [4.78, 5) is 43.7. The number of amides is 1. The van der Waals surface area contributed by atoms with E-state index in [4.69, 9.17) is 9.47 Å². The number of aliphatic hydroxyl groups excluding tert-OH is 1. The van der Waals surface area contributed by atoms with Crippen molar-refractivity contribution < 1.29 is 29.1 Å². The number of nitro benzene ring substituents is 1. The highest BCUT2D eigenvalue weighted by Gasteiger charge is 2.48. The molecule has 40 heavy (non-hydrogen) atoms. The van der Waals surface area contributed by atoms with Crippen molar-refractivity contribution in [3.63, 3.8) is 0 Å². The summed E-state index contributed by atoms with van der Waals surface area (Å²) in [7, 11) is 0. The van der Waals surface area contributed by atoms with Gasteiger partial charge < -0.3 is 14.6 Å². The van der Waals surface area contributed by atoms with E-state index in [0.29, 0.717) is 41.2 Å². The van der Waals surface area contributed by atoms with E-state index >= 15 is 0 Å². The lowest BCUT2D eigenvalue weighted by atomic mass is 9.94. The highest BCUT2D eigenvalue weighted by molar-refractivity contribution is 7.22. The lowest BCUT2D eigenvalue weighted by Gasteiger charge is -2.23. The molecule has 1 amide bonds. The van der Waals surface area contributed by atoms with Crippen molar-refractivity contribution in [2.24, 2.45) is 0 Å². The molecule has 1 N–H and O–H groups in total. The van der Waals surface area contributed by atoms with Crippen LogP contribution in [-0.2, 0) is 16.0 Å². The normalized spacial score (nSPS) is 19.6. The number of anilines is 1. The number of aromatic nitrogens is 1. The van der Waals surface area contributed by atoms with Crippen LogP contribution in [0.1, 0.15) is 36.6 Å². The van der Waals surface area contributed by atoms with Crippen LogP contribution >= 0.6 is 11.3 Å². The second-order valence-corrected chi connectivity index (χ2v) is 10.5. The highest BCUT2D eigenvalue weighted by atomic mass is 32.1. The number of thiazole rings is 1. The zero-order valence-corrected chi connectivity index (χ0v) is 22.3. The van der Waals surface area contributed by atoms with E-state index in [2.05, 4.69) is 4.98 Å².